The van der Waals surface area contributed by atoms with Crippen molar-refractivity contribution in [3.8, 4) is 62.1 Å². The number of fused-ring (bicyclic) bond motifs is 20. The van der Waals surface area contributed by atoms with Crippen LogP contribution in [0, 0.1) is 0 Å². The molecule has 4 heterocycles. The number of aromatic nitrogens is 6. The predicted molar refractivity (Wildman–Crippen MR) is 275 cm³/mol. The fraction of sp³-hybridized carbons (Fsp3) is 0.0161. The maximum atomic E-state index is 5.25. The molecule has 2 aliphatic rings. The van der Waals surface area contributed by atoms with Gasteiger partial charge >= 0.3 is 0 Å². The van der Waals surface area contributed by atoms with Gasteiger partial charge < -0.3 is 4.57 Å². The van der Waals surface area contributed by atoms with Crippen LogP contribution in [0.3, 0.4) is 0 Å². The predicted octanol–water partition coefficient (Wildman–Crippen LogP) is 14.6. The van der Waals surface area contributed by atoms with Crippen molar-refractivity contribution in [2.45, 2.75) is 5.41 Å². The minimum atomic E-state index is -0.473. The monoisotopic (exact) mass is 864 g/mol. The third-order valence-corrected chi connectivity index (χ3v) is 14.6. The van der Waals surface area contributed by atoms with Gasteiger partial charge in [-0.25, -0.2) is 15.0 Å². The molecule has 0 saturated heterocycles. The normalized spacial score (nSPS) is 13.1. The maximum absolute atomic E-state index is 5.25. The van der Waals surface area contributed by atoms with Crippen LogP contribution in [-0.4, -0.2) is 29.5 Å². The van der Waals surface area contributed by atoms with Gasteiger partial charge in [0, 0.05) is 63.3 Å². The van der Waals surface area contributed by atoms with Crippen LogP contribution in [0.4, 0.5) is 0 Å². The van der Waals surface area contributed by atoms with Crippen LogP contribution in [-0.2, 0) is 5.41 Å². The summed E-state index contributed by atoms with van der Waals surface area (Å²) in [6.07, 6.45) is 7.10. The van der Waals surface area contributed by atoms with E-state index in [1.54, 1.807) is 24.8 Å². The maximum Gasteiger partial charge on any atom is 0.164 e. The molecule has 6 heteroatoms. The summed E-state index contributed by atoms with van der Waals surface area (Å²) in [5.74, 6) is 1.76. The number of para-hydroxylation sites is 1. The van der Waals surface area contributed by atoms with Gasteiger partial charge in [0.2, 0.25) is 0 Å². The Bertz CT molecular complexity index is 4150. The summed E-state index contributed by atoms with van der Waals surface area (Å²) in [4.78, 5) is 24.1. The molecular weight excluding hydrogens is 829 g/mol. The minimum Gasteiger partial charge on any atom is -0.309 e. The number of hydrogen-bond acceptors (Lipinski definition) is 5. The zero-order valence-corrected chi connectivity index (χ0v) is 36.5. The van der Waals surface area contributed by atoms with E-state index in [1.165, 1.54) is 77.0 Å². The van der Waals surface area contributed by atoms with Gasteiger partial charge in [-0.15, -0.1) is 0 Å². The molecule has 9 aromatic carbocycles. The van der Waals surface area contributed by atoms with Crippen molar-refractivity contribution in [1.29, 1.82) is 0 Å². The van der Waals surface area contributed by atoms with E-state index < -0.39 is 5.41 Å². The first-order valence-electron chi connectivity index (χ1n) is 23.1. The molecule has 4 aromatic heterocycles. The van der Waals surface area contributed by atoms with Crippen molar-refractivity contribution >= 4 is 54.1 Å². The Morgan fingerprint density at radius 3 is 1.38 bits per heavy atom. The number of rotatable bonds is 4. The summed E-state index contributed by atoms with van der Waals surface area (Å²) in [5.41, 5.74) is 16.1. The van der Waals surface area contributed by atoms with E-state index in [0.29, 0.717) is 17.5 Å². The standard InChI is InChI=1S/C62H36N6/c1-3-18-46-40(13-1)49-36-50(61-66-59(37-27-31-63-32-28-37)65-60(67-61)38-29-33-64-34-30-38)41-14-2-4-19-47(41)57(49)58-56(46)48-20-8-12-24-55(48)68(58)39-25-26-45-44-17-7-11-23-53(44)62(54(45)35-39)51-21-9-5-15-42(51)43-16-6-10-22-52(43)62/h1-36H. The first-order chi connectivity index (χ1) is 33.8. The third-order valence-electron chi connectivity index (χ3n) is 14.6. The van der Waals surface area contributed by atoms with Gasteiger partial charge in [0.25, 0.3) is 0 Å². The highest BCUT2D eigenvalue weighted by molar-refractivity contribution is 6.37. The quantitative estimate of drug-likeness (QED) is 0.165. The first kappa shape index (κ1) is 37.1. The molecule has 2 aliphatic carbocycles. The molecule has 0 unspecified atom stereocenters. The van der Waals surface area contributed by atoms with Gasteiger partial charge in [-0.1, -0.05) is 146 Å². The Labute approximate surface area is 390 Å². The molecule has 0 amide bonds. The molecule has 0 N–H and O–H groups in total. The molecular formula is C62H36N6. The number of hydrogen-bond donors (Lipinski definition) is 0. The highest BCUT2D eigenvalue weighted by Gasteiger charge is 2.51. The van der Waals surface area contributed by atoms with Crippen molar-refractivity contribution in [1.82, 2.24) is 29.5 Å². The second-order valence-electron chi connectivity index (χ2n) is 17.9. The van der Waals surface area contributed by atoms with Crippen LogP contribution in [0.2, 0.25) is 0 Å². The van der Waals surface area contributed by atoms with Gasteiger partial charge in [-0.05, 0) is 120 Å². The summed E-state index contributed by atoms with van der Waals surface area (Å²) in [6.45, 7) is 0. The van der Waals surface area contributed by atoms with Gasteiger partial charge in [0.05, 0.1) is 16.4 Å². The van der Waals surface area contributed by atoms with Gasteiger partial charge in [-0.3, -0.25) is 9.97 Å². The second kappa shape index (κ2) is 13.9. The fourth-order valence-electron chi connectivity index (χ4n) is 12.0. The summed E-state index contributed by atoms with van der Waals surface area (Å²) in [6, 6.07) is 71.0. The minimum absolute atomic E-state index is 0.473. The molecule has 0 bridgehead atoms. The zero-order valence-electron chi connectivity index (χ0n) is 36.5. The van der Waals surface area contributed by atoms with Crippen LogP contribution in [0.25, 0.3) is 116 Å². The van der Waals surface area contributed by atoms with Crippen LogP contribution < -0.4 is 0 Å². The van der Waals surface area contributed by atoms with E-state index in [0.717, 1.165) is 44.1 Å². The second-order valence-corrected chi connectivity index (χ2v) is 17.9. The molecule has 0 atom stereocenters. The molecule has 0 fully saturated rings. The molecule has 0 aliphatic heterocycles. The Kier molecular flexibility index (Phi) is 7.61. The van der Waals surface area contributed by atoms with Gasteiger partial charge in [0.1, 0.15) is 0 Å². The lowest BCUT2D eigenvalue weighted by molar-refractivity contribution is 0.792. The average Bonchev–Trinajstić information content (AvgIpc) is 4.03. The van der Waals surface area contributed by atoms with Gasteiger partial charge in [-0.2, -0.15) is 0 Å². The van der Waals surface area contributed by atoms with Crippen LogP contribution >= 0.6 is 0 Å². The summed E-state index contributed by atoms with van der Waals surface area (Å²) in [5, 5.41) is 9.31. The molecule has 1 spiro atoms. The molecule has 13 aromatic rings. The molecule has 15 rings (SSSR count). The topological polar surface area (TPSA) is 69.4 Å². The first-order valence-corrected chi connectivity index (χ1v) is 23.1. The number of pyridine rings is 2. The van der Waals surface area contributed by atoms with Crippen molar-refractivity contribution in [3.63, 3.8) is 0 Å². The SMILES string of the molecule is c1ccc2c(c1)-c1ccccc1C21c2ccccc2-c2ccc(-n3c4ccccc4c4c5ccccc5c5cc(-c6nc(-c7ccncc7)nc(-c7ccncc7)n6)c6ccccc6c5c43)cc21. The lowest BCUT2D eigenvalue weighted by Gasteiger charge is -2.30. The van der Waals surface area contributed by atoms with E-state index in [9.17, 15) is 0 Å². The van der Waals surface area contributed by atoms with Gasteiger partial charge in [0.15, 0.2) is 17.5 Å². The molecule has 0 saturated carbocycles. The van der Waals surface area contributed by atoms with Crippen LogP contribution in [0.15, 0.2) is 219 Å². The average molecular weight is 865 g/mol. The Hall–Kier alpha value is -9.13. The summed E-state index contributed by atoms with van der Waals surface area (Å²) < 4.78 is 2.54. The molecule has 68 heavy (non-hydrogen) atoms. The van der Waals surface area contributed by atoms with E-state index in [1.807, 2.05) is 24.3 Å². The lowest BCUT2D eigenvalue weighted by Crippen LogP contribution is -2.26. The highest BCUT2D eigenvalue weighted by Crippen LogP contribution is 2.63. The van der Waals surface area contributed by atoms with Crippen molar-refractivity contribution < 1.29 is 0 Å². The van der Waals surface area contributed by atoms with Crippen LogP contribution in [0.1, 0.15) is 22.3 Å². The van der Waals surface area contributed by atoms with E-state index in [2.05, 4.69) is 184 Å². The van der Waals surface area contributed by atoms with Crippen molar-refractivity contribution in [3.05, 3.63) is 241 Å². The zero-order chi connectivity index (χ0) is 44.5. The largest absolute Gasteiger partial charge is 0.309 e. The smallest absolute Gasteiger partial charge is 0.164 e. The molecule has 314 valence electrons. The third kappa shape index (κ3) is 4.92. The Balaban J connectivity index is 1.07. The van der Waals surface area contributed by atoms with E-state index >= 15 is 0 Å². The van der Waals surface area contributed by atoms with E-state index in [-0.39, 0.29) is 0 Å². The highest BCUT2D eigenvalue weighted by atomic mass is 15.0. The summed E-state index contributed by atoms with van der Waals surface area (Å²) >= 11 is 0. The van der Waals surface area contributed by atoms with Crippen molar-refractivity contribution in [2.75, 3.05) is 0 Å². The van der Waals surface area contributed by atoms with Crippen LogP contribution in [0.5, 0.6) is 0 Å². The molecule has 6 nitrogen and oxygen atoms in total. The Morgan fingerprint density at radius 1 is 0.324 bits per heavy atom. The Morgan fingerprint density at radius 2 is 0.779 bits per heavy atom. The summed E-state index contributed by atoms with van der Waals surface area (Å²) in [7, 11) is 0. The fourth-order valence-corrected chi connectivity index (χ4v) is 12.0. The van der Waals surface area contributed by atoms with E-state index in [4.69, 9.17) is 15.0 Å². The lowest BCUT2D eigenvalue weighted by atomic mass is 9.70. The number of benzene rings is 9. The number of nitrogens with zero attached hydrogens (tertiary/aromatic N) is 6. The molecule has 0 radical (unpaired) electrons. The van der Waals surface area contributed by atoms with Crippen molar-refractivity contribution in [2.24, 2.45) is 0 Å².